The number of benzene rings is 1. The van der Waals surface area contributed by atoms with Crippen molar-refractivity contribution in [3.8, 4) is 5.75 Å². The summed E-state index contributed by atoms with van der Waals surface area (Å²) in [5, 5.41) is 0. The first-order valence-electron chi connectivity index (χ1n) is 5.68. The van der Waals surface area contributed by atoms with Crippen molar-refractivity contribution >= 4 is 17.9 Å². The standard InChI is InChI=1S/C13H15N3O2/c1-3-18-10-6-4-9(5-7-10)8-11-12(17)15-13(14)16(11)2/h4-8H,3H2,1-2H3,(H2,14,15,17)/b11-8-. The number of hydrogen-bond donors (Lipinski definition) is 1. The summed E-state index contributed by atoms with van der Waals surface area (Å²) in [6.45, 7) is 2.56. The topological polar surface area (TPSA) is 67.9 Å². The quantitative estimate of drug-likeness (QED) is 0.813. The molecule has 1 amide bonds. The predicted molar refractivity (Wildman–Crippen MR) is 70.0 cm³/mol. The van der Waals surface area contributed by atoms with Crippen molar-refractivity contribution in [1.82, 2.24) is 4.90 Å². The number of guanidine groups is 1. The Balaban J connectivity index is 2.21. The Morgan fingerprint density at radius 2 is 2.06 bits per heavy atom. The van der Waals surface area contributed by atoms with Gasteiger partial charge in [-0.15, -0.1) is 0 Å². The van der Waals surface area contributed by atoms with Gasteiger partial charge in [-0.1, -0.05) is 12.1 Å². The number of aliphatic imine (C=N–C) groups is 1. The Labute approximate surface area is 106 Å². The molecule has 0 unspecified atom stereocenters. The summed E-state index contributed by atoms with van der Waals surface area (Å²) in [6, 6.07) is 7.49. The highest BCUT2D eigenvalue weighted by Crippen LogP contribution is 2.18. The van der Waals surface area contributed by atoms with Crippen molar-refractivity contribution in [2.24, 2.45) is 10.7 Å². The van der Waals surface area contributed by atoms with Crippen LogP contribution in [0, 0.1) is 0 Å². The first-order valence-corrected chi connectivity index (χ1v) is 5.68. The first-order chi connectivity index (χ1) is 8.61. The molecule has 0 fully saturated rings. The summed E-state index contributed by atoms with van der Waals surface area (Å²) in [6.07, 6.45) is 1.75. The second-order valence-electron chi connectivity index (χ2n) is 3.87. The van der Waals surface area contributed by atoms with E-state index in [1.807, 2.05) is 31.2 Å². The lowest BCUT2D eigenvalue weighted by molar-refractivity contribution is -0.114. The monoisotopic (exact) mass is 245 g/mol. The van der Waals surface area contributed by atoms with Gasteiger partial charge in [0.15, 0.2) is 0 Å². The molecule has 0 radical (unpaired) electrons. The highest BCUT2D eigenvalue weighted by atomic mass is 16.5. The van der Waals surface area contributed by atoms with Gasteiger partial charge in [0, 0.05) is 7.05 Å². The summed E-state index contributed by atoms with van der Waals surface area (Å²) in [7, 11) is 1.71. The van der Waals surface area contributed by atoms with Crippen molar-refractivity contribution in [2.75, 3.05) is 13.7 Å². The number of likely N-dealkylation sites (N-methyl/N-ethyl adjacent to an activating group) is 1. The fourth-order valence-corrected chi connectivity index (χ4v) is 1.65. The van der Waals surface area contributed by atoms with Gasteiger partial charge in [-0.05, 0) is 30.7 Å². The minimum atomic E-state index is -0.316. The van der Waals surface area contributed by atoms with Crippen LogP contribution in [0.5, 0.6) is 5.75 Å². The molecule has 0 atom stereocenters. The van der Waals surface area contributed by atoms with E-state index in [1.165, 1.54) is 0 Å². The number of hydrogen-bond acceptors (Lipinski definition) is 4. The lowest BCUT2D eigenvalue weighted by atomic mass is 10.2. The maximum atomic E-state index is 11.6. The number of carbonyl (C=O) groups is 1. The summed E-state index contributed by atoms with van der Waals surface area (Å²) in [5.41, 5.74) is 6.94. The fraction of sp³-hybridized carbons (Fsp3) is 0.231. The van der Waals surface area contributed by atoms with Crippen LogP contribution in [0.25, 0.3) is 6.08 Å². The predicted octanol–water partition coefficient (Wildman–Crippen LogP) is 1.21. The van der Waals surface area contributed by atoms with E-state index >= 15 is 0 Å². The molecule has 5 heteroatoms. The zero-order valence-electron chi connectivity index (χ0n) is 10.4. The fourth-order valence-electron chi connectivity index (χ4n) is 1.65. The van der Waals surface area contributed by atoms with Crippen LogP contribution in [0.4, 0.5) is 0 Å². The average molecular weight is 245 g/mol. The highest BCUT2D eigenvalue weighted by Gasteiger charge is 2.23. The van der Waals surface area contributed by atoms with Crippen molar-refractivity contribution < 1.29 is 9.53 Å². The number of ether oxygens (including phenoxy) is 1. The summed E-state index contributed by atoms with van der Waals surface area (Å²) < 4.78 is 5.35. The van der Waals surface area contributed by atoms with Crippen molar-refractivity contribution in [2.45, 2.75) is 6.92 Å². The number of carbonyl (C=O) groups excluding carboxylic acids is 1. The van der Waals surface area contributed by atoms with Crippen LogP contribution >= 0.6 is 0 Å². The average Bonchev–Trinajstić information content (AvgIpc) is 2.59. The van der Waals surface area contributed by atoms with Gasteiger partial charge < -0.3 is 15.4 Å². The zero-order chi connectivity index (χ0) is 13.1. The van der Waals surface area contributed by atoms with Crippen LogP contribution in [0.1, 0.15) is 12.5 Å². The molecule has 0 saturated heterocycles. The molecular weight excluding hydrogens is 230 g/mol. The molecule has 0 aromatic heterocycles. The van der Waals surface area contributed by atoms with Gasteiger partial charge in [-0.2, -0.15) is 4.99 Å². The largest absolute Gasteiger partial charge is 0.494 e. The van der Waals surface area contributed by atoms with Crippen LogP contribution in [-0.2, 0) is 4.79 Å². The van der Waals surface area contributed by atoms with E-state index in [4.69, 9.17) is 10.5 Å². The smallest absolute Gasteiger partial charge is 0.296 e. The van der Waals surface area contributed by atoms with E-state index in [-0.39, 0.29) is 11.9 Å². The van der Waals surface area contributed by atoms with Gasteiger partial charge in [0.1, 0.15) is 11.4 Å². The molecule has 2 rings (SSSR count). The first kappa shape index (κ1) is 12.2. The lowest BCUT2D eigenvalue weighted by Gasteiger charge is -2.11. The SMILES string of the molecule is CCOc1ccc(/C=C2/C(=O)N=C(N)N2C)cc1. The molecule has 18 heavy (non-hydrogen) atoms. The minimum Gasteiger partial charge on any atom is -0.494 e. The van der Waals surface area contributed by atoms with E-state index in [0.717, 1.165) is 11.3 Å². The third-order valence-corrected chi connectivity index (χ3v) is 2.63. The number of nitrogens with two attached hydrogens (primary N) is 1. The van der Waals surface area contributed by atoms with Crippen LogP contribution in [0.3, 0.4) is 0 Å². The molecule has 0 bridgehead atoms. The Hall–Kier alpha value is -2.30. The minimum absolute atomic E-state index is 0.220. The second-order valence-corrected chi connectivity index (χ2v) is 3.87. The van der Waals surface area contributed by atoms with Crippen LogP contribution in [0.15, 0.2) is 35.0 Å². The molecular formula is C13H15N3O2. The van der Waals surface area contributed by atoms with E-state index in [1.54, 1.807) is 18.0 Å². The van der Waals surface area contributed by atoms with Gasteiger partial charge in [0.2, 0.25) is 5.96 Å². The summed E-state index contributed by atoms with van der Waals surface area (Å²) in [4.78, 5) is 16.8. The molecule has 2 N–H and O–H groups in total. The van der Waals surface area contributed by atoms with E-state index in [2.05, 4.69) is 4.99 Å². The Morgan fingerprint density at radius 3 is 2.56 bits per heavy atom. The molecule has 1 aromatic carbocycles. The van der Waals surface area contributed by atoms with Gasteiger partial charge in [0.25, 0.3) is 5.91 Å². The van der Waals surface area contributed by atoms with Gasteiger partial charge in [-0.3, -0.25) is 4.79 Å². The molecule has 0 aliphatic carbocycles. The molecule has 5 nitrogen and oxygen atoms in total. The van der Waals surface area contributed by atoms with E-state index in [0.29, 0.717) is 12.3 Å². The van der Waals surface area contributed by atoms with Gasteiger partial charge in [0.05, 0.1) is 6.61 Å². The third-order valence-electron chi connectivity index (χ3n) is 2.63. The second kappa shape index (κ2) is 4.91. The van der Waals surface area contributed by atoms with E-state index in [9.17, 15) is 4.79 Å². The third kappa shape index (κ3) is 2.34. The Bertz CT molecular complexity index is 518. The van der Waals surface area contributed by atoms with Crippen molar-refractivity contribution in [1.29, 1.82) is 0 Å². The lowest BCUT2D eigenvalue weighted by Crippen LogP contribution is -2.28. The van der Waals surface area contributed by atoms with Gasteiger partial charge in [-0.25, -0.2) is 0 Å². The van der Waals surface area contributed by atoms with Crippen LogP contribution in [-0.4, -0.2) is 30.4 Å². The van der Waals surface area contributed by atoms with Crippen LogP contribution < -0.4 is 10.5 Å². The van der Waals surface area contributed by atoms with E-state index < -0.39 is 0 Å². The van der Waals surface area contributed by atoms with Crippen molar-refractivity contribution in [3.63, 3.8) is 0 Å². The van der Waals surface area contributed by atoms with Crippen molar-refractivity contribution in [3.05, 3.63) is 35.5 Å². The molecule has 1 aliphatic heterocycles. The normalized spacial score (nSPS) is 17.2. The molecule has 1 heterocycles. The number of nitrogens with zero attached hydrogens (tertiary/aromatic N) is 2. The number of amides is 1. The van der Waals surface area contributed by atoms with Crippen LogP contribution in [0.2, 0.25) is 0 Å². The maximum Gasteiger partial charge on any atom is 0.296 e. The molecule has 94 valence electrons. The molecule has 1 aromatic rings. The molecule has 0 saturated carbocycles. The summed E-state index contributed by atoms with van der Waals surface area (Å²) >= 11 is 0. The number of rotatable bonds is 3. The highest BCUT2D eigenvalue weighted by molar-refractivity contribution is 6.11. The maximum absolute atomic E-state index is 11.6. The zero-order valence-corrected chi connectivity index (χ0v) is 10.4. The molecule has 0 spiro atoms. The van der Waals surface area contributed by atoms with Gasteiger partial charge >= 0.3 is 0 Å². The summed E-state index contributed by atoms with van der Waals surface area (Å²) in [5.74, 6) is 0.711. The molecule has 1 aliphatic rings. The Morgan fingerprint density at radius 1 is 1.39 bits per heavy atom. The Kier molecular flexibility index (Phi) is 3.32.